The highest BCUT2D eigenvalue weighted by Gasteiger charge is 2.35. The van der Waals surface area contributed by atoms with Gasteiger partial charge in [-0.2, -0.15) is 0 Å². The summed E-state index contributed by atoms with van der Waals surface area (Å²) in [6, 6.07) is -0.446. The summed E-state index contributed by atoms with van der Waals surface area (Å²) < 4.78 is 4.58. The maximum atomic E-state index is 12.4. The van der Waals surface area contributed by atoms with Gasteiger partial charge in [-0.05, 0) is 12.8 Å². The molecule has 0 aliphatic carbocycles. The van der Waals surface area contributed by atoms with Gasteiger partial charge >= 0.3 is 5.97 Å². The molecule has 1 N–H and O–H groups in total. The van der Waals surface area contributed by atoms with Gasteiger partial charge in [-0.15, -0.1) is 11.3 Å². The van der Waals surface area contributed by atoms with Crippen molar-refractivity contribution in [3.63, 3.8) is 0 Å². The number of hydrogen-bond acceptors (Lipinski definition) is 6. The van der Waals surface area contributed by atoms with Crippen LogP contribution in [0.2, 0.25) is 0 Å². The highest BCUT2D eigenvalue weighted by Crippen LogP contribution is 2.23. The number of anilines is 1. The molecule has 0 radical (unpaired) electrons. The molecule has 2 rings (SSSR count). The number of hydrogen-bond donors (Lipinski definition) is 1. The van der Waals surface area contributed by atoms with Crippen LogP contribution >= 0.6 is 11.3 Å². The molecule has 8 heteroatoms. The fourth-order valence-electron chi connectivity index (χ4n) is 2.49. The number of aromatic nitrogens is 1. The van der Waals surface area contributed by atoms with Crippen molar-refractivity contribution in [3.05, 3.63) is 11.1 Å². The van der Waals surface area contributed by atoms with Gasteiger partial charge in [0.25, 0.3) is 0 Å². The van der Waals surface area contributed by atoms with Crippen LogP contribution in [0.3, 0.4) is 0 Å². The summed E-state index contributed by atoms with van der Waals surface area (Å²) in [4.78, 5) is 41.6. The fraction of sp³-hybridized carbons (Fsp3) is 0.600. The van der Waals surface area contributed by atoms with E-state index in [0.29, 0.717) is 23.8 Å². The lowest BCUT2D eigenvalue weighted by atomic mass is 10.1. The van der Waals surface area contributed by atoms with Crippen LogP contribution in [0.4, 0.5) is 5.13 Å². The molecule has 1 saturated heterocycles. The lowest BCUT2D eigenvalue weighted by molar-refractivity contribution is -0.140. The van der Waals surface area contributed by atoms with E-state index in [4.69, 9.17) is 0 Å². The molecular weight excluding hydrogens is 318 g/mol. The lowest BCUT2D eigenvalue weighted by Crippen LogP contribution is -2.44. The Morgan fingerprint density at radius 2 is 2.22 bits per heavy atom. The van der Waals surface area contributed by atoms with Crippen LogP contribution in [0.15, 0.2) is 5.38 Å². The number of amides is 2. The Kier molecular flexibility index (Phi) is 5.70. The zero-order valence-electron chi connectivity index (χ0n) is 13.5. The van der Waals surface area contributed by atoms with Crippen molar-refractivity contribution in [1.29, 1.82) is 0 Å². The lowest BCUT2D eigenvalue weighted by Gasteiger charge is -2.25. The van der Waals surface area contributed by atoms with E-state index in [1.165, 1.54) is 18.4 Å². The molecule has 0 aromatic carbocycles. The van der Waals surface area contributed by atoms with E-state index < -0.39 is 6.04 Å². The Balaban J connectivity index is 1.98. The van der Waals surface area contributed by atoms with Gasteiger partial charge in [0.15, 0.2) is 5.13 Å². The summed E-state index contributed by atoms with van der Waals surface area (Å²) in [5.41, 5.74) is 0.554. The average molecular weight is 339 g/mol. The van der Waals surface area contributed by atoms with Crippen molar-refractivity contribution in [2.75, 3.05) is 19.0 Å². The molecular formula is C15H21N3O4S. The van der Waals surface area contributed by atoms with Gasteiger partial charge in [0.1, 0.15) is 6.04 Å². The first-order valence-electron chi connectivity index (χ1n) is 7.55. The molecule has 23 heavy (non-hydrogen) atoms. The van der Waals surface area contributed by atoms with Crippen LogP contribution < -0.4 is 5.32 Å². The van der Waals surface area contributed by atoms with Gasteiger partial charge < -0.3 is 15.0 Å². The first kappa shape index (κ1) is 17.4. The number of methoxy groups -OCH3 is 1. The predicted octanol–water partition coefficient (Wildman–Crippen LogP) is 1.44. The van der Waals surface area contributed by atoms with Gasteiger partial charge in [-0.25, -0.2) is 4.98 Å². The molecule has 1 fully saturated rings. The molecule has 2 amide bonds. The second-order valence-corrected chi connectivity index (χ2v) is 6.59. The quantitative estimate of drug-likeness (QED) is 0.820. The third-order valence-electron chi connectivity index (χ3n) is 3.67. The molecule has 126 valence electrons. The molecule has 1 aromatic rings. The summed E-state index contributed by atoms with van der Waals surface area (Å²) in [7, 11) is 1.32. The molecule has 1 aliphatic rings. The highest BCUT2D eigenvalue weighted by molar-refractivity contribution is 7.13. The molecule has 1 aromatic heterocycles. The molecule has 0 saturated carbocycles. The van der Waals surface area contributed by atoms with E-state index in [9.17, 15) is 14.4 Å². The van der Waals surface area contributed by atoms with E-state index in [-0.39, 0.29) is 30.1 Å². The number of rotatable bonds is 5. The number of nitrogens with zero attached hydrogens (tertiary/aromatic N) is 2. The summed E-state index contributed by atoms with van der Waals surface area (Å²) in [6.45, 7) is 4.27. The maximum Gasteiger partial charge on any atom is 0.311 e. The minimum atomic E-state index is -0.446. The first-order chi connectivity index (χ1) is 10.9. The van der Waals surface area contributed by atoms with Crippen LogP contribution in [0, 0.1) is 5.92 Å². The Morgan fingerprint density at radius 3 is 2.87 bits per heavy atom. The van der Waals surface area contributed by atoms with E-state index >= 15 is 0 Å². The molecule has 1 aliphatic heterocycles. The minimum Gasteiger partial charge on any atom is -0.469 e. The van der Waals surface area contributed by atoms with Crippen molar-refractivity contribution in [2.24, 2.45) is 5.92 Å². The smallest absolute Gasteiger partial charge is 0.311 e. The van der Waals surface area contributed by atoms with Crippen molar-refractivity contribution < 1.29 is 19.1 Å². The van der Waals surface area contributed by atoms with Gasteiger partial charge in [-0.1, -0.05) is 13.8 Å². The van der Waals surface area contributed by atoms with Gasteiger partial charge in [-0.3, -0.25) is 14.4 Å². The van der Waals surface area contributed by atoms with E-state index in [2.05, 4.69) is 15.0 Å². The van der Waals surface area contributed by atoms with Crippen LogP contribution in [-0.2, 0) is 25.5 Å². The standard InChI is InChI=1S/C15H21N3O4S/c1-9(2)14(21)18-6-4-5-11(18)13(20)17-15-16-10(8-23-15)7-12(19)22-3/h8-9,11H,4-7H2,1-3H3,(H,16,17,20)/t11-/m1/s1. The van der Waals surface area contributed by atoms with Gasteiger partial charge in [0, 0.05) is 17.8 Å². The monoisotopic (exact) mass is 339 g/mol. The topological polar surface area (TPSA) is 88.6 Å². The van der Waals surface area contributed by atoms with Crippen LogP contribution in [0.1, 0.15) is 32.4 Å². The third kappa shape index (κ3) is 4.28. The molecule has 0 spiro atoms. The molecule has 0 unspecified atom stereocenters. The van der Waals surface area contributed by atoms with Crippen LogP contribution in [0.25, 0.3) is 0 Å². The molecule has 1 atom stereocenters. The Morgan fingerprint density at radius 1 is 1.48 bits per heavy atom. The Hall–Kier alpha value is -1.96. The summed E-state index contributed by atoms with van der Waals surface area (Å²) >= 11 is 1.25. The maximum absolute atomic E-state index is 12.4. The van der Waals surface area contributed by atoms with Crippen molar-refractivity contribution >= 4 is 34.3 Å². The minimum absolute atomic E-state index is 0.00632. The Labute approximate surface area is 139 Å². The second kappa shape index (κ2) is 7.54. The number of esters is 1. The third-order valence-corrected chi connectivity index (χ3v) is 4.47. The fourth-order valence-corrected chi connectivity index (χ4v) is 3.20. The van der Waals surface area contributed by atoms with Gasteiger partial charge in [0.05, 0.1) is 19.2 Å². The van der Waals surface area contributed by atoms with Crippen molar-refractivity contribution in [2.45, 2.75) is 39.2 Å². The number of carbonyl (C=O) groups is 3. The molecule has 2 heterocycles. The normalized spacial score (nSPS) is 17.4. The van der Waals surface area contributed by atoms with Gasteiger partial charge in [0.2, 0.25) is 11.8 Å². The largest absolute Gasteiger partial charge is 0.469 e. The molecule has 7 nitrogen and oxygen atoms in total. The first-order valence-corrected chi connectivity index (χ1v) is 8.43. The number of thiazole rings is 1. The number of carbonyl (C=O) groups excluding carboxylic acids is 3. The van der Waals surface area contributed by atoms with E-state index in [1.807, 2.05) is 13.8 Å². The second-order valence-electron chi connectivity index (χ2n) is 5.73. The summed E-state index contributed by atoms with van der Waals surface area (Å²) in [6.07, 6.45) is 1.55. The zero-order chi connectivity index (χ0) is 17.0. The molecule has 0 bridgehead atoms. The number of likely N-dealkylation sites (tertiary alicyclic amines) is 1. The number of nitrogens with one attached hydrogen (secondary N) is 1. The van der Waals surface area contributed by atoms with Crippen molar-refractivity contribution in [1.82, 2.24) is 9.88 Å². The average Bonchev–Trinajstić information content (AvgIpc) is 3.15. The SMILES string of the molecule is COC(=O)Cc1csc(NC(=O)[C@H]2CCCN2C(=O)C(C)C)n1. The predicted molar refractivity (Wildman–Crippen MR) is 86.0 cm³/mol. The zero-order valence-corrected chi connectivity index (χ0v) is 14.3. The van der Waals surface area contributed by atoms with Crippen LogP contribution in [-0.4, -0.2) is 47.4 Å². The van der Waals surface area contributed by atoms with Crippen molar-refractivity contribution in [3.8, 4) is 0 Å². The Bertz CT molecular complexity index is 599. The van der Waals surface area contributed by atoms with E-state index in [1.54, 1.807) is 10.3 Å². The highest BCUT2D eigenvalue weighted by atomic mass is 32.1. The number of ether oxygens (including phenoxy) is 1. The van der Waals surface area contributed by atoms with E-state index in [0.717, 1.165) is 6.42 Å². The summed E-state index contributed by atoms with van der Waals surface area (Å²) in [5.74, 6) is -0.740. The summed E-state index contributed by atoms with van der Waals surface area (Å²) in [5, 5.41) is 4.88. The van der Waals surface area contributed by atoms with Crippen LogP contribution in [0.5, 0.6) is 0 Å².